The van der Waals surface area contributed by atoms with E-state index in [2.05, 4.69) is 26.1 Å². The van der Waals surface area contributed by atoms with E-state index in [0.29, 0.717) is 10.7 Å². The number of halogens is 2. The van der Waals surface area contributed by atoms with E-state index in [4.69, 9.17) is 23.2 Å². The number of hydrogen-bond donors (Lipinski definition) is 3. The molecular formula is C18H14Cl2N6O3. The maximum absolute atomic E-state index is 12.3. The summed E-state index contributed by atoms with van der Waals surface area (Å²) < 4.78 is 0. The van der Waals surface area contributed by atoms with Crippen LogP contribution in [0.2, 0.25) is 10.0 Å². The molecule has 0 aliphatic rings. The summed E-state index contributed by atoms with van der Waals surface area (Å²) in [4.78, 5) is 31.1. The van der Waals surface area contributed by atoms with Gasteiger partial charge < -0.3 is 5.32 Å². The number of hydrogen-bond acceptors (Lipinski definition) is 7. The minimum atomic E-state index is -0.648. The number of hydrazine groups is 1. The average Bonchev–Trinajstić information content (AvgIpc) is 2.67. The van der Waals surface area contributed by atoms with Gasteiger partial charge in [-0.15, -0.1) is 0 Å². The Morgan fingerprint density at radius 1 is 1.10 bits per heavy atom. The van der Waals surface area contributed by atoms with Crippen molar-refractivity contribution in [1.29, 1.82) is 0 Å². The van der Waals surface area contributed by atoms with Gasteiger partial charge in [0.15, 0.2) is 0 Å². The van der Waals surface area contributed by atoms with Gasteiger partial charge >= 0.3 is 5.69 Å². The number of carbonyl (C=O) groups is 1. The SMILES string of the molecule is Cc1ccccc1Nc1ncnc(NNC(=O)c2ccc(Cl)cc2Cl)c1[N+](=O)[O-]. The van der Waals surface area contributed by atoms with E-state index in [9.17, 15) is 14.9 Å². The Bertz CT molecular complexity index is 1090. The summed E-state index contributed by atoms with van der Waals surface area (Å²) in [7, 11) is 0. The lowest BCUT2D eigenvalue weighted by Crippen LogP contribution is -2.30. The van der Waals surface area contributed by atoms with E-state index < -0.39 is 16.5 Å². The van der Waals surface area contributed by atoms with Gasteiger partial charge in [-0.25, -0.2) is 9.97 Å². The van der Waals surface area contributed by atoms with Crippen molar-refractivity contribution in [3.05, 3.63) is 80.1 Å². The molecule has 11 heteroatoms. The van der Waals surface area contributed by atoms with Crippen LogP contribution in [-0.4, -0.2) is 20.8 Å². The second-order valence-corrected chi connectivity index (χ2v) is 6.66. The van der Waals surface area contributed by atoms with E-state index in [1.807, 2.05) is 19.1 Å². The Balaban J connectivity index is 1.85. The van der Waals surface area contributed by atoms with Crippen LogP contribution in [0, 0.1) is 17.0 Å². The van der Waals surface area contributed by atoms with Crippen LogP contribution >= 0.6 is 23.2 Å². The number of aryl methyl sites for hydroxylation is 1. The number of amides is 1. The predicted molar refractivity (Wildman–Crippen MR) is 111 cm³/mol. The number of rotatable bonds is 6. The lowest BCUT2D eigenvalue weighted by atomic mass is 10.2. The molecule has 1 aromatic heterocycles. The molecule has 0 unspecified atom stereocenters. The quantitative estimate of drug-likeness (QED) is 0.386. The smallest absolute Gasteiger partial charge is 0.334 e. The molecule has 0 saturated carbocycles. The average molecular weight is 433 g/mol. The van der Waals surface area contributed by atoms with Crippen LogP contribution < -0.4 is 16.2 Å². The van der Waals surface area contributed by atoms with Crippen molar-refractivity contribution in [2.75, 3.05) is 10.7 Å². The highest BCUT2D eigenvalue weighted by atomic mass is 35.5. The number of nitro groups is 1. The minimum absolute atomic E-state index is 0.0272. The van der Waals surface area contributed by atoms with Crippen molar-refractivity contribution in [1.82, 2.24) is 15.4 Å². The lowest BCUT2D eigenvalue weighted by molar-refractivity contribution is -0.383. The molecule has 3 N–H and O–H groups in total. The monoisotopic (exact) mass is 432 g/mol. The van der Waals surface area contributed by atoms with Crippen molar-refractivity contribution in [2.24, 2.45) is 0 Å². The predicted octanol–water partition coefficient (Wildman–Crippen LogP) is 4.50. The van der Waals surface area contributed by atoms with Gasteiger partial charge in [-0.05, 0) is 36.8 Å². The summed E-state index contributed by atoms with van der Waals surface area (Å²) in [6, 6.07) is 11.6. The first kappa shape index (κ1) is 20.3. The maximum atomic E-state index is 12.3. The Kier molecular flexibility index (Phi) is 6.10. The van der Waals surface area contributed by atoms with Gasteiger partial charge in [0.25, 0.3) is 5.91 Å². The van der Waals surface area contributed by atoms with Gasteiger partial charge in [-0.3, -0.25) is 25.8 Å². The number of aromatic nitrogens is 2. The topological polar surface area (TPSA) is 122 Å². The van der Waals surface area contributed by atoms with Crippen LogP contribution in [0.25, 0.3) is 0 Å². The first-order valence-electron chi connectivity index (χ1n) is 8.20. The molecule has 2 aromatic carbocycles. The summed E-state index contributed by atoms with van der Waals surface area (Å²) in [5.74, 6) is -0.840. The van der Waals surface area contributed by atoms with Crippen LogP contribution in [-0.2, 0) is 0 Å². The van der Waals surface area contributed by atoms with Gasteiger partial charge in [0, 0.05) is 10.7 Å². The Morgan fingerprint density at radius 2 is 1.83 bits per heavy atom. The fourth-order valence-corrected chi connectivity index (χ4v) is 2.93. The van der Waals surface area contributed by atoms with Crippen molar-refractivity contribution in [3.63, 3.8) is 0 Å². The third-order valence-electron chi connectivity index (χ3n) is 3.87. The molecule has 3 aromatic rings. The number of nitrogens with one attached hydrogen (secondary N) is 3. The van der Waals surface area contributed by atoms with Crippen LogP contribution in [0.4, 0.5) is 23.0 Å². The molecule has 0 aliphatic carbocycles. The van der Waals surface area contributed by atoms with E-state index in [1.54, 1.807) is 12.1 Å². The highest BCUT2D eigenvalue weighted by Crippen LogP contribution is 2.31. The Morgan fingerprint density at radius 3 is 2.52 bits per heavy atom. The van der Waals surface area contributed by atoms with Crippen molar-refractivity contribution >= 4 is 52.1 Å². The van der Waals surface area contributed by atoms with Gasteiger partial charge in [0.2, 0.25) is 11.6 Å². The number of anilines is 3. The van der Waals surface area contributed by atoms with E-state index in [1.165, 1.54) is 18.2 Å². The van der Waals surface area contributed by atoms with E-state index in [0.717, 1.165) is 11.9 Å². The zero-order chi connectivity index (χ0) is 21.0. The van der Waals surface area contributed by atoms with E-state index in [-0.39, 0.29) is 22.2 Å². The number of benzene rings is 2. The summed E-state index contributed by atoms with van der Waals surface area (Å²) in [6.45, 7) is 1.85. The second-order valence-electron chi connectivity index (χ2n) is 5.82. The number of para-hydroxylation sites is 1. The van der Waals surface area contributed by atoms with Crippen molar-refractivity contribution < 1.29 is 9.72 Å². The van der Waals surface area contributed by atoms with Crippen LogP contribution in [0.5, 0.6) is 0 Å². The largest absolute Gasteiger partial charge is 0.355 e. The molecular weight excluding hydrogens is 419 g/mol. The molecule has 0 aliphatic heterocycles. The molecule has 1 amide bonds. The first-order chi connectivity index (χ1) is 13.9. The molecule has 3 rings (SSSR count). The van der Waals surface area contributed by atoms with Gasteiger partial charge in [0.1, 0.15) is 6.33 Å². The number of carbonyl (C=O) groups excluding carboxylic acids is 1. The normalized spacial score (nSPS) is 10.3. The molecule has 1 heterocycles. The van der Waals surface area contributed by atoms with Gasteiger partial charge in [-0.1, -0.05) is 41.4 Å². The van der Waals surface area contributed by atoms with Gasteiger partial charge in [-0.2, -0.15) is 0 Å². The fourth-order valence-electron chi connectivity index (χ4n) is 2.43. The van der Waals surface area contributed by atoms with Crippen LogP contribution in [0.15, 0.2) is 48.8 Å². The fraction of sp³-hybridized carbons (Fsp3) is 0.0556. The van der Waals surface area contributed by atoms with Crippen molar-refractivity contribution in [3.8, 4) is 0 Å². The van der Waals surface area contributed by atoms with Crippen molar-refractivity contribution in [2.45, 2.75) is 6.92 Å². The van der Waals surface area contributed by atoms with E-state index >= 15 is 0 Å². The first-order valence-corrected chi connectivity index (χ1v) is 8.96. The highest BCUT2D eigenvalue weighted by molar-refractivity contribution is 6.36. The molecule has 0 atom stereocenters. The molecule has 29 heavy (non-hydrogen) atoms. The molecule has 0 bridgehead atoms. The zero-order valence-corrected chi connectivity index (χ0v) is 16.5. The Hall–Kier alpha value is -3.43. The summed E-state index contributed by atoms with van der Waals surface area (Å²) >= 11 is 11.8. The summed E-state index contributed by atoms with van der Waals surface area (Å²) in [6.07, 6.45) is 1.14. The third-order valence-corrected chi connectivity index (χ3v) is 4.42. The maximum Gasteiger partial charge on any atom is 0.355 e. The molecule has 0 fully saturated rings. The summed E-state index contributed by atoms with van der Waals surface area (Å²) in [5, 5.41) is 15.0. The van der Waals surface area contributed by atoms with Crippen LogP contribution in [0.3, 0.4) is 0 Å². The molecule has 0 radical (unpaired) electrons. The standard InChI is InChI=1S/C18H14Cl2N6O3/c1-10-4-2-3-5-14(10)23-16-15(26(28)29)17(22-9-21-16)24-25-18(27)12-7-6-11(19)8-13(12)20/h2-9H,1H3,(H,25,27)(H2,21,22,23,24). The molecule has 148 valence electrons. The third kappa shape index (κ3) is 4.71. The highest BCUT2D eigenvalue weighted by Gasteiger charge is 2.24. The minimum Gasteiger partial charge on any atom is -0.334 e. The van der Waals surface area contributed by atoms with Crippen LogP contribution in [0.1, 0.15) is 15.9 Å². The van der Waals surface area contributed by atoms with Gasteiger partial charge in [0.05, 0.1) is 15.5 Å². The lowest BCUT2D eigenvalue weighted by Gasteiger charge is -2.12. The summed E-state index contributed by atoms with van der Waals surface area (Å²) in [5.41, 5.74) is 6.02. The molecule has 9 nitrogen and oxygen atoms in total. The Labute approximate surface area is 175 Å². The molecule has 0 spiro atoms. The molecule has 0 saturated heterocycles. The second kappa shape index (κ2) is 8.72. The zero-order valence-electron chi connectivity index (χ0n) is 14.9. The number of nitrogens with zero attached hydrogens (tertiary/aromatic N) is 3.